The van der Waals surface area contributed by atoms with E-state index in [1.165, 1.54) is 12.5 Å². The van der Waals surface area contributed by atoms with Gasteiger partial charge in [-0.1, -0.05) is 27.7 Å². The Hall–Kier alpha value is -1.45. The number of amides is 1. The maximum Gasteiger partial charge on any atom is 0.259 e. The number of fused-ring (bicyclic) bond motifs is 1. The van der Waals surface area contributed by atoms with Gasteiger partial charge in [-0.05, 0) is 48.3 Å². The zero-order chi connectivity index (χ0) is 22.6. The summed E-state index contributed by atoms with van der Waals surface area (Å²) in [4.78, 5) is 16.6. The Morgan fingerprint density at radius 3 is 2.77 bits per heavy atom. The summed E-state index contributed by atoms with van der Waals surface area (Å²) >= 11 is 0. The van der Waals surface area contributed by atoms with Gasteiger partial charge >= 0.3 is 0 Å². The molecule has 0 radical (unpaired) electrons. The van der Waals surface area contributed by atoms with E-state index in [0.717, 1.165) is 19.3 Å². The molecule has 1 aliphatic heterocycles. The van der Waals surface area contributed by atoms with Crippen molar-refractivity contribution in [2.75, 3.05) is 13.2 Å². The van der Waals surface area contributed by atoms with Crippen molar-refractivity contribution in [3.8, 4) is 0 Å². The van der Waals surface area contributed by atoms with Crippen LogP contribution in [-0.4, -0.2) is 49.2 Å². The van der Waals surface area contributed by atoms with Gasteiger partial charge in [0.2, 0.25) is 5.91 Å². The third-order valence-corrected chi connectivity index (χ3v) is 9.46. The van der Waals surface area contributed by atoms with Crippen LogP contribution in [0.2, 0.25) is 0 Å². The second kappa shape index (κ2) is 7.85. The highest BCUT2D eigenvalue weighted by Gasteiger charge is 2.68. The van der Waals surface area contributed by atoms with Crippen molar-refractivity contribution >= 4 is 15.9 Å². The number of carbonyl (C=O) groups excluding carboxylic acids is 1. The lowest BCUT2D eigenvalue weighted by atomic mass is 9.59. The third-order valence-electron chi connectivity index (χ3n) is 8.11. The fourth-order valence-electron chi connectivity index (χ4n) is 6.44. The molecule has 3 aliphatic rings. The number of rotatable bonds is 7. The largest absolute Gasteiger partial charge is 0.378 e. The van der Waals surface area contributed by atoms with Crippen molar-refractivity contribution in [1.29, 1.82) is 0 Å². The van der Waals surface area contributed by atoms with Crippen LogP contribution in [0.1, 0.15) is 53.4 Å². The molecule has 0 aromatic carbocycles. The number of carbonyl (C=O) groups is 1. The molecule has 1 aromatic rings. The van der Waals surface area contributed by atoms with Crippen LogP contribution in [0.5, 0.6) is 0 Å². The number of nitrogens with one attached hydrogen (secondary N) is 2. The third kappa shape index (κ3) is 3.82. The summed E-state index contributed by atoms with van der Waals surface area (Å²) < 4.78 is 35.4. The minimum atomic E-state index is -3.62. The number of nitrogens with zero attached hydrogens (tertiary/aromatic N) is 2. The van der Waals surface area contributed by atoms with E-state index >= 15 is 0 Å². The van der Waals surface area contributed by atoms with Crippen molar-refractivity contribution in [3.05, 3.63) is 12.5 Å². The van der Waals surface area contributed by atoms with Gasteiger partial charge in [0.25, 0.3) is 10.0 Å². The van der Waals surface area contributed by atoms with E-state index in [4.69, 9.17) is 4.74 Å². The number of aryl methyl sites for hydroxylation is 1. The van der Waals surface area contributed by atoms with Gasteiger partial charge in [0.05, 0.1) is 12.4 Å². The molecule has 174 valence electrons. The predicted molar refractivity (Wildman–Crippen MR) is 117 cm³/mol. The first-order valence-corrected chi connectivity index (χ1v) is 12.9. The van der Waals surface area contributed by atoms with Gasteiger partial charge in [0.1, 0.15) is 0 Å². The standard InChI is InChI=1S/C22H36N4O4S/c1-14(2)19(27)25-20-21(3,4)15-10-16-17(30-9-7-22(16,20)11-15)6-8-24-31(28,29)18-12-26(5)13-23-18/h12-17,20,24H,6-11H2,1-5H3,(H,25,27)/t15-,16-,17-,20+,22?/m1/s1. The SMILES string of the molecule is CC(C)C(=O)N[C@H]1C(C)(C)[C@@H]2C[C@@H]3[C@@H](CCNS(=O)(=O)c4cn(C)cn4)OCCC31C2. The molecule has 1 spiro atoms. The summed E-state index contributed by atoms with van der Waals surface area (Å²) in [5.74, 6) is 0.965. The lowest BCUT2D eigenvalue weighted by molar-refractivity contribution is -0.138. The molecule has 31 heavy (non-hydrogen) atoms. The first kappa shape index (κ1) is 22.7. The quantitative estimate of drug-likeness (QED) is 0.659. The van der Waals surface area contributed by atoms with Crippen molar-refractivity contribution < 1.29 is 17.9 Å². The zero-order valence-corrected chi connectivity index (χ0v) is 20.0. The number of hydrogen-bond acceptors (Lipinski definition) is 5. The van der Waals surface area contributed by atoms with Crippen molar-refractivity contribution in [1.82, 2.24) is 19.6 Å². The van der Waals surface area contributed by atoms with E-state index in [1.54, 1.807) is 11.6 Å². The average molecular weight is 453 g/mol. The number of sulfonamides is 1. The topological polar surface area (TPSA) is 102 Å². The highest BCUT2D eigenvalue weighted by atomic mass is 32.2. The van der Waals surface area contributed by atoms with Crippen LogP contribution in [0.4, 0.5) is 0 Å². The maximum atomic E-state index is 12.6. The molecule has 1 unspecified atom stereocenters. The molecule has 3 fully saturated rings. The van der Waals surface area contributed by atoms with Crippen molar-refractivity contribution in [3.63, 3.8) is 0 Å². The fourth-order valence-corrected chi connectivity index (χ4v) is 7.47. The number of hydrogen-bond donors (Lipinski definition) is 2. The first-order valence-electron chi connectivity index (χ1n) is 11.4. The number of imidazole rings is 1. The minimum absolute atomic E-state index is 0.000246. The monoisotopic (exact) mass is 452 g/mol. The summed E-state index contributed by atoms with van der Waals surface area (Å²) in [5, 5.41) is 3.43. The summed E-state index contributed by atoms with van der Waals surface area (Å²) in [6, 6.07) is 0.135. The van der Waals surface area contributed by atoms with E-state index in [1.807, 2.05) is 13.8 Å². The Morgan fingerprint density at radius 1 is 1.39 bits per heavy atom. The molecular weight excluding hydrogens is 416 g/mol. The molecule has 2 bridgehead atoms. The van der Waals surface area contributed by atoms with Crippen LogP contribution < -0.4 is 10.0 Å². The first-order chi connectivity index (χ1) is 14.5. The summed E-state index contributed by atoms with van der Waals surface area (Å²) in [5.41, 5.74) is 0.102. The van der Waals surface area contributed by atoms with Crippen LogP contribution in [0.15, 0.2) is 17.6 Å². The lowest BCUT2D eigenvalue weighted by Crippen LogP contribution is -2.60. The highest BCUT2D eigenvalue weighted by Crippen LogP contribution is 2.68. The van der Waals surface area contributed by atoms with Crippen LogP contribution >= 0.6 is 0 Å². The van der Waals surface area contributed by atoms with Crippen LogP contribution in [0, 0.1) is 28.6 Å². The summed E-state index contributed by atoms with van der Waals surface area (Å²) in [7, 11) is -1.88. The highest BCUT2D eigenvalue weighted by molar-refractivity contribution is 7.89. The van der Waals surface area contributed by atoms with Gasteiger partial charge in [0, 0.05) is 38.4 Å². The van der Waals surface area contributed by atoms with Gasteiger partial charge in [-0.25, -0.2) is 18.1 Å². The second-order valence-electron chi connectivity index (χ2n) is 10.6. The Kier molecular flexibility index (Phi) is 5.75. The molecule has 1 amide bonds. The minimum Gasteiger partial charge on any atom is -0.378 e. The van der Waals surface area contributed by atoms with Crippen LogP contribution in [0.3, 0.4) is 0 Å². The maximum absolute atomic E-state index is 12.6. The molecule has 2 heterocycles. The molecule has 1 saturated heterocycles. The Bertz CT molecular complexity index is 941. The van der Waals surface area contributed by atoms with E-state index in [-0.39, 0.29) is 39.8 Å². The molecule has 5 atom stereocenters. The lowest BCUT2D eigenvalue weighted by Gasteiger charge is -2.53. The van der Waals surface area contributed by atoms with E-state index in [2.05, 4.69) is 28.9 Å². The number of ether oxygens (including phenoxy) is 1. The Labute approximate surface area is 185 Å². The zero-order valence-electron chi connectivity index (χ0n) is 19.2. The Morgan fingerprint density at radius 2 is 2.13 bits per heavy atom. The van der Waals surface area contributed by atoms with Gasteiger partial charge < -0.3 is 14.6 Å². The molecule has 2 N–H and O–H groups in total. The van der Waals surface area contributed by atoms with Crippen molar-refractivity contribution in [2.45, 2.75) is 70.6 Å². The molecule has 2 aliphatic carbocycles. The van der Waals surface area contributed by atoms with Gasteiger partial charge in [0.15, 0.2) is 5.03 Å². The van der Waals surface area contributed by atoms with Crippen molar-refractivity contribution in [2.24, 2.45) is 35.6 Å². The molecule has 4 rings (SSSR count). The van der Waals surface area contributed by atoms with Crippen LogP contribution in [0.25, 0.3) is 0 Å². The smallest absolute Gasteiger partial charge is 0.259 e. The van der Waals surface area contributed by atoms with E-state index in [9.17, 15) is 13.2 Å². The summed E-state index contributed by atoms with van der Waals surface area (Å²) in [6.07, 6.45) is 6.75. The normalized spacial score (nSPS) is 34.1. The molecular formula is C22H36N4O4S. The van der Waals surface area contributed by atoms with Gasteiger partial charge in [-0.2, -0.15) is 0 Å². The second-order valence-corrected chi connectivity index (χ2v) is 12.3. The number of aromatic nitrogens is 2. The molecule has 1 aromatic heterocycles. The molecule has 9 heteroatoms. The summed E-state index contributed by atoms with van der Waals surface area (Å²) in [6.45, 7) is 9.42. The van der Waals surface area contributed by atoms with Crippen LogP contribution in [-0.2, 0) is 26.6 Å². The van der Waals surface area contributed by atoms with E-state index < -0.39 is 10.0 Å². The van der Waals surface area contributed by atoms with Gasteiger partial charge in [-0.3, -0.25) is 4.79 Å². The predicted octanol–water partition coefficient (Wildman–Crippen LogP) is 2.07. The average Bonchev–Trinajstić information content (AvgIpc) is 3.35. The molecule has 8 nitrogen and oxygen atoms in total. The van der Waals surface area contributed by atoms with E-state index in [0.29, 0.717) is 31.4 Å². The van der Waals surface area contributed by atoms with Gasteiger partial charge in [-0.15, -0.1) is 0 Å². The Balaban J connectivity index is 1.46. The molecule has 2 saturated carbocycles. The fraction of sp³-hybridized carbons (Fsp3) is 0.818.